The molecular formula is C14H15BrClNO6. The van der Waals surface area contributed by atoms with Crippen LogP contribution >= 0.6 is 27.8 Å². The van der Waals surface area contributed by atoms with Crippen LogP contribution in [-0.2, 0) is 9.03 Å². The minimum Gasteiger partial charge on any atom is -0.470 e. The van der Waals surface area contributed by atoms with Gasteiger partial charge in [-0.1, -0.05) is 18.2 Å². The van der Waals surface area contributed by atoms with Crippen LogP contribution in [0.1, 0.15) is 0 Å². The van der Waals surface area contributed by atoms with E-state index in [1.54, 1.807) is 6.07 Å². The molecule has 1 aromatic heterocycles. The van der Waals surface area contributed by atoms with Crippen LogP contribution in [0.5, 0.6) is 5.88 Å². The molecule has 9 heteroatoms. The van der Waals surface area contributed by atoms with Gasteiger partial charge in [-0.15, -0.1) is 0 Å². The molecule has 23 heavy (non-hydrogen) atoms. The van der Waals surface area contributed by atoms with Crippen LogP contribution < -0.4 is 4.74 Å². The average molecular weight is 409 g/mol. The lowest BCUT2D eigenvalue weighted by Crippen LogP contribution is -2.65. The van der Waals surface area contributed by atoms with Gasteiger partial charge < -0.3 is 29.8 Å². The molecule has 0 radical (unpaired) electrons. The van der Waals surface area contributed by atoms with E-state index in [0.717, 1.165) is 10.9 Å². The molecule has 1 aromatic carbocycles. The molecule has 0 bridgehead atoms. The van der Waals surface area contributed by atoms with E-state index in [9.17, 15) is 15.3 Å². The van der Waals surface area contributed by atoms with E-state index >= 15 is 0 Å². The van der Waals surface area contributed by atoms with Gasteiger partial charge in [-0.3, -0.25) is 4.29 Å². The van der Waals surface area contributed by atoms with Gasteiger partial charge in [0.2, 0.25) is 0 Å². The first kappa shape index (κ1) is 17.0. The smallest absolute Gasteiger partial charge is 0.192 e. The van der Waals surface area contributed by atoms with Crippen LogP contribution in [0.4, 0.5) is 0 Å². The fraction of sp³-hybridized carbons (Fsp3) is 0.429. The molecular weight excluding hydrogens is 394 g/mol. The minimum atomic E-state index is -1.58. The third kappa shape index (κ3) is 3.08. The molecule has 1 saturated heterocycles. The van der Waals surface area contributed by atoms with Gasteiger partial charge in [0, 0.05) is 17.0 Å². The van der Waals surface area contributed by atoms with Crippen molar-refractivity contribution in [2.45, 2.75) is 29.1 Å². The van der Waals surface area contributed by atoms with Gasteiger partial charge in [0.25, 0.3) is 0 Å². The van der Waals surface area contributed by atoms with Gasteiger partial charge in [0.1, 0.15) is 6.10 Å². The van der Waals surface area contributed by atoms with Crippen molar-refractivity contribution < 1.29 is 29.1 Å². The van der Waals surface area contributed by atoms with Crippen LogP contribution in [0, 0.1) is 0 Å². The zero-order chi connectivity index (χ0) is 16.6. The number of ether oxygens (including phenoxy) is 2. The molecule has 0 amide bonds. The SMILES string of the molecule is OC[C@@]1(Br)O[C@H](O)[C@H](O)[C@@H](Oc2cc3ccccc3[nH]2)[C@H]1OCl. The Morgan fingerprint density at radius 2 is 2.09 bits per heavy atom. The molecule has 0 saturated carbocycles. The molecule has 3 rings (SSSR count). The summed E-state index contributed by atoms with van der Waals surface area (Å²) in [5.74, 6) is 0.357. The molecule has 2 aromatic rings. The normalized spacial score (nSPS) is 34.7. The lowest BCUT2D eigenvalue weighted by molar-refractivity contribution is -0.287. The Balaban J connectivity index is 1.91. The van der Waals surface area contributed by atoms with Crippen LogP contribution in [0.25, 0.3) is 10.9 Å². The third-order valence-corrected chi connectivity index (χ3v) is 4.83. The Labute approximate surface area is 145 Å². The van der Waals surface area contributed by atoms with Gasteiger partial charge in [0.05, 0.1) is 18.5 Å². The number of alkyl halides is 1. The van der Waals surface area contributed by atoms with Crippen molar-refractivity contribution in [3.05, 3.63) is 30.3 Å². The number of aromatic amines is 1. The number of aliphatic hydroxyl groups is 3. The molecule has 4 N–H and O–H groups in total. The van der Waals surface area contributed by atoms with E-state index in [0.29, 0.717) is 5.88 Å². The fourth-order valence-corrected chi connectivity index (χ4v) is 3.46. The number of halogens is 2. The summed E-state index contributed by atoms with van der Waals surface area (Å²) < 4.78 is 14.2. The number of fused-ring (bicyclic) bond motifs is 1. The van der Waals surface area contributed by atoms with E-state index in [1.165, 1.54) is 0 Å². The number of H-pyrrole nitrogens is 1. The van der Waals surface area contributed by atoms with Crippen molar-refractivity contribution in [2.75, 3.05) is 6.61 Å². The zero-order valence-electron chi connectivity index (χ0n) is 11.7. The summed E-state index contributed by atoms with van der Waals surface area (Å²) in [6.45, 7) is -0.555. The van der Waals surface area contributed by atoms with E-state index in [-0.39, 0.29) is 0 Å². The third-order valence-electron chi connectivity index (χ3n) is 3.75. The Hall–Kier alpha value is -0.870. The molecule has 0 unspecified atom stereocenters. The summed E-state index contributed by atoms with van der Waals surface area (Å²) in [6.07, 6.45) is -5.18. The average Bonchev–Trinajstić information content (AvgIpc) is 2.95. The zero-order valence-corrected chi connectivity index (χ0v) is 14.1. The maximum Gasteiger partial charge on any atom is 0.192 e. The monoisotopic (exact) mass is 407 g/mol. The maximum absolute atomic E-state index is 10.1. The predicted molar refractivity (Wildman–Crippen MR) is 85.3 cm³/mol. The summed E-state index contributed by atoms with van der Waals surface area (Å²) in [7, 11) is 0. The lowest BCUT2D eigenvalue weighted by atomic mass is 9.99. The fourth-order valence-electron chi connectivity index (χ4n) is 2.56. The van der Waals surface area contributed by atoms with Crippen LogP contribution in [0.3, 0.4) is 0 Å². The molecule has 0 spiro atoms. The van der Waals surface area contributed by atoms with Gasteiger partial charge in [-0.05, 0) is 22.0 Å². The predicted octanol–water partition coefficient (Wildman–Crippen LogP) is 1.25. The van der Waals surface area contributed by atoms with E-state index < -0.39 is 35.7 Å². The van der Waals surface area contributed by atoms with Crippen LogP contribution in [0.15, 0.2) is 30.3 Å². The molecule has 2 heterocycles. The molecule has 7 nitrogen and oxygen atoms in total. The number of para-hydroxylation sites is 1. The summed E-state index contributed by atoms with van der Waals surface area (Å²) >= 11 is 8.63. The topological polar surface area (TPSA) is 104 Å². The number of benzene rings is 1. The summed E-state index contributed by atoms with van der Waals surface area (Å²) in [4.78, 5) is 3.04. The second-order valence-corrected chi connectivity index (χ2v) is 6.78. The first-order chi connectivity index (χ1) is 11.0. The number of aliphatic hydroxyl groups excluding tert-OH is 3. The Bertz CT molecular complexity index is 651. The van der Waals surface area contributed by atoms with Crippen molar-refractivity contribution in [2.24, 2.45) is 0 Å². The number of hydrogen-bond acceptors (Lipinski definition) is 6. The van der Waals surface area contributed by atoms with E-state index in [2.05, 4.69) is 20.9 Å². The molecule has 0 aliphatic carbocycles. The molecule has 1 aliphatic rings. The van der Waals surface area contributed by atoms with Crippen molar-refractivity contribution in [1.82, 2.24) is 4.98 Å². The number of hydrogen-bond donors (Lipinski definition) is 4. The van der Waals surface area contributed by atoms with Crippen LogP contribution in [-0.4, -0.2) is 56.0 Å². The Kier molecular flexibility index (Phi) is 4.84. The van der Waals surface area contributed by atoms with Gasteiger partial charge in [-0.2, -0.15) is 0 Å². The van der Waals surface area contributed by atoms with Gasteiger partial charge >= 0.3 is 0 Å². The Morgan fingerprint density at radius 1 is 1.35 bits per heavy atom. The minimum absolute atomic E-state index is 0.357. The second-order valence-electron chi connectivity index (χ2n) is 5.26. The maximum atomic E-state index is 10.1. The van der Waals surface area contributed by atoms with Gasteiger partial charge in [0.15, 0.2) is 28.9 Å². The van der Waals surface area contributed by atoms with Crippen LogP contribution in [0.2, 0.25) is 0 Å². The summed E-state index contributed by atoms with van der Waals surface area (Å²) in [5, 5.41) is 30.4. The lowest BCUT2D eigenvalue weighted by Gasteiger charge is -2.45. The van der Waals surface area contributed by atoms with E-state index in [4.69, 9.17) is 25.6 Å². The highest BCUT2D eigenvalue weighted by atomic mass is 79.9. The van der Waals surface area contributed by atoms with Gasteiger partial charge in [-0.25, -0.2) is 0 Å². The first-order valence-corrected chi connectivity index (χ1v) is 7.94. The Morgan fingerprint density at radius 3 is 2.74 bits per heavy atom. The summed E-state index contributed by atoms with van der Waals surface area (Å²) in [6, 6.07) is 9.26. The molecule has 1 aliphatic heterocycles. The molecule has 5 atom stereocenters. The highest BCUT2D eigenvalue weighted by Crippen LogP contribution is 2.38. The first-order valence-electron chi connectivity index (χ1n) is 6.84. The standard InChI is InChI=1S/C14H15BrClNO6/c15-14(6-18)12(23-16)11(10(19)13(20)22-14)21-9-5-7-3-1-2-4-8(7)17-9/h1-5,10-13,17-20H,6H2/t10-,11-,12-,13+,14-/m1/s1. The highest BCUT2D eigenvalue weighted by Gasteiger charge is 2.55. The highest BCUT2D eigenvalue weighted by molar-refractivity contribution is 9.10. The van der Waals surface area contributed by atoms with Crippen molar-refractivity contribution >= 4 is 38.7 Å². The summed E-state index contributed by atoms with van der Waals surface area (Å²) in [5.41, 5.74) is 0.847. The number of rotatable bonds is 4. The van der Waals surface area contributed by atoms with Crippen molar-refractivity contribution in [3.8, 4) is 5.88 Å². The second kappa shape index (κ2) is 6.56. The molecule has 126 valence electrons. The van der Waals surface area contributed by atoms with Crippen molar-refractivity contribution in [1.29, 1.82) is 0 Å². The van der Waals surface area contributed by atoms with E-state index in [1.807, 2.05) is 24.3 Å². The largest absolute Gasteiger partial charge is 0.470 e. The molecule has 1 fully saturated rings. The van der Waals surface area contributed by atoms with Crippen molar-refractivity contribution in [3.63, 3.8) is 0 Å². The number of aromatic nitrogens is 1. The quantitative estimate of drug-likeness (QED) is 0.568. The number of nitrogens with one attached hydrogen (secondary N) is 1.